The molecule has 4 heteroatoms. The van der Waals surface area contributed by atoms with Crippen molar-refractivity contribution in [3.8, 4) is 0 Å². The van der Waals surface area contributed by atoms with E-state index in [2.05, 4.69) is 0 Å². The van der Waals surface area contributed by atoms with Gasteiger partial charge in [0.15, 0.2) is 0 Å². The molecule has 88 valence electrons. The Morgan fingerprint density at radius 1 is 1.62 bits per heavy atom. The predicted octanol–water partition coefficient (Wildman–Crippen LogP) is 1.52. The first kappa shape index (κ1) is 11.6. The maximum Gasteiger partial charge on any atom is 0.228 e. The third-order valence-electron chi connectivity index (χ3n) is 3.26. The molecule has 1 saturated heterocycles. The lowest BCUT2D eigenvalue weighted by atomic mass is 9.83. The van der Waals surface area contributed by atoms with Gasteiger partial charge >= 0.3 is 0 Å². The maximum atomic E-state index is 11.8. The molecule has 0 aromatic carbocycles. The van der Waals surface area contributed by atoms with Crippen LogP contribution in [-0.4, -0.2) is 34.6 Å². The number of aliphatic hydroxyl groups is 1. The van der Waals surface area contributed by atoms with Crippen LogP contribution in [0.5, 0.6) is 0 Å². The Morgan fingerprint density at radius 3 is 2.81 bits per heavy atom. The highest BCUT2D eigenvalue weighted by molar-refractivity contribution is 7.10. The zero-order valence-corrected chi connectivity index (χ0v) is 10.5. The van der Waals surface area contributed by atoms with Crippen LogP contribution in [0.15, 0.2) is 17.5 Å². The molecule has 1 aliphatic rings. The molecule has 1 aromatic heterocycles. The lowest BCUT2D eigenvalue weighted by Gasteiger charge is -2.49. The molecule has 0 radical (unpaired) electrons. The van der Waals surface area contributed by atoms with Crippen LogP contribution in [0.3, 0.4) is 0 Å². The highest BCUT2D eigenvalue weighted by atomic mass is 32.1. The normalized spacial score (nSPS) is 18.6. The second-order valence-corrected chi connectivity index (χ2v) is 5.80. The smallest absolute Gasteiger partial charge is 0.228 e. The minimum atomic E-state index is -0.662. The molecule has 0 atom stereocenters. The number of rotatable bonds is 3. The topological polar surface area (TPSA) is 40.5 Å². The van der Waals surface area contributed by atoms with Gasteiger partial charge in [-0.25, -0.2) is 0 Å². The van der Waals surface area contributed by atoms with Crippen LogP contribution in [0.25, 0.3) is 0 Å². The molecule has 2 heterocycles. The van der Waals surface area contributed by atoms with E-state index < -0.39 is 5.60 Å². The van der Waals surface area contributed by atoms with E-state index in [-0.39, 0.29) is 11.8 Å². The van der Waals surface area contributed by atoms with E-state index in [0.29, 0.717) is 19.5 Å². The molecule has 2 rings (SSSR count). The Labute approximate surface area is 99.7 Å². The summed E-state index contributed by atoms with van der Waals surface area (Å²) in [6.07, 6.45) is 0.464. The van der Waals surface area contributed by atoms with Gasteiger partial charge < -0.3 is 10.0 Å². The summed E-state index contributed by atoms with van der Waals surface area (Å²) in [5.74, 6) is 0.325. The zero-order valence-electron chi connectivity index (χ0n) is 9.64. The van der Waals surface area contributed by atoms with Crippen LogP contribution in [0.1, 0.15) is 18.7 Å². The number of nitrogens with zero attached hydrogens (tertiary/aromatic N) is 1. The molecule has 0 unspecified atom stereocenters. The lowest BCUT2D eigenvalue weighted by molar-refractivity contribution is -0.163. The number of hydrogen-bond acceptors (Lipinski definition) is 3. The van der Waals surface area contributed by atoms with Gasteiger partial charge in [-0.15, -0.1) is 11.3 Å². The minimum Gasteiger partial charge on any atom is -0.386 e. The van der Waals surface area contributed by atoms with E-state index >= 15 is 0 Å². The standard InChI is InChI=1S/C12H17NO2S/c1-9(2)12(15)7-13(8-12)11(14)6-10-4-3-5-16-10/h3-5,9,15H,6-8H2,1-2H3. The Balaban J connectivity index is 1.86. The number of likely N-dealkylation sites (tertiary alicyclic amines) is 1. The molecule has 1 fully saturated rings. The van der Waals surface area contributed by atoms with E-state index in [9.17, 15) is 9.90 Å². The first-order chi connectivity index (χ1) is 7.51. The van der Waals surface area contributed by atoms with Crippen LogP contribution >= 0.6 is 11.3 Å². The van der Waals surface area contributed by atoms with Gasteiger partial charge in [-0.1, -0.05) is 19.9 Å². The first-order valence-electron chi connectivity index (χ1n) is 5.54. The van der Waals surface area contributed by atoms with Gasteiger partial charge in [0, 0.05) is 4.88 Å². The largest absolute Gasteiger partial charge is 0.386 e. The van der Waals surface area contributed by atoms with Crippen molar-refractivity contribution >= 4 is 17.2 Å². The van der Waals surface area contributed by atoms with E-state index in [1.165, 1.54) is 0 Å². The lowest BCUT2D eigenvalue weighted by Crippen LogP contribution is -2.66. The number of carbonyl (C=O) groups is 1. The summed E-state index contributed by atoms with van der Waals surface area (Å²) in [5.41, 5.74) is -0.662. The van der Waals surface area contributed by atoms with Crippen molar-refractivity contribution < 1.29 is 9.90 Å². The van der Waals surface area contributed by atoms with Gasteiger partial charge in [0.2, 0.25) is 5.91 Å². The van der Waals surface area contributed by atoms with Crippen LogP contribution < -0.4 is 0 Å². The molecule has 0 spiro atoms. The van der Waals surface area contributed by atoms with Gasteiger partial charge in [0.25, 0.3) is 0 Å². The zero-order chi connectivity index (χ0) is 11.8. The monoisotopic (exact) mass is 239 g/mol. The molecule has 3 nitrogen and oxygen atoms in total. The molecular weight excluding hydrogens is 222 g/mol. The SMILES string of the molecule is CC(C)C1(O)CN(C(=O)Cc2cccs2)C1. The maximum absolute atomic E-state index is 11.8. The number of β-amino-alcohol motifs (C(OH)–C–C–N with tert-alkyl or cyclic N) is 1. The predicted molar refractivity (Wildman–Crippen MR) is 64.4 cm³/mol. The summed E-state index contributed by atoms with van der Waals surface area (Å²) in [6, 6.07) is 3.92. The quantitative estimate of drug-likeness (QED) is 0.869. The molecule has 16 heavy (non-hydrogen) atoms. The third-order valence-corrected chi connectivity index (χ3v) is 4.14. The van der Waals surface area contributed by atoms with Crippen molar-refractivity contribution in [2.24, 2.45) is 5.92 Å². The molecule has 0 saturated carbocycles. The van der Waals surface area contributed by atoms with Crippen LogP contribution in [0.2, 0.25) is 0 Å². The van der Waals surface area contributed by atoms with Crippen molar-refractivity contribution in [1.82, 2.24) is 4.90 Å². The number of hydrogen-bond donors (Lipinski definition) is 1. The van der Waals surface area contributed by atoms with Crippen LogP contribution in [0.4, 0.5) is 0 Å². The van der Waals surface area contributed by atoms with Gasteiger partial charge in [0.05, 0.1) is 19.5 Å². The number of thiophene rings is 1. The molecular formula is C12H17NO2S. The number of amides is 1. The van der Waals surface area contributed by atoms with Crippen molar-refractivity contribution in [2.75, 3.05) is 13.1 Å². The summed E-state index contributed by atoms with van der Waals surface area (Å²) in [7, 11) is 0. The summed E-state index contributed by atoms with van der Waals surface area (Å²) >= 11 is 1.60. The van der Waals surface area contributed by atoms with E-state index in [0.717, 1.165) is 4.88 Å². The Kier molecular flexibility index (Phi) is 3.04. The molecule has 0 bridgehead atoms. The van der Waals surface area contributed by atoms with Gasteiger partial charge in [-0.3, -0.25) is 4.79 Å². The van der Waals surface area contributed by atoms with Crippen LogP contribution in [-0.2, 0) is 11.2 Å². The Morgan fingerprint density at radius 2 is 2.31 bits per heavy atom. The fourth-order valence-electron chi connectivity index (χ4n) is 1.83. The van der Waals surface area contributed by atoms with Crippen molar-refractivity contribution in [3.63, 3.8) is 0 Å². The van der Waals surface area contributed by atoms with Gasteiger partial charge in [-0.2, -0.15) is 0 Å². The molecule has 1 amide bonds. The Bertz CT molecular complexity index is 366. The Hall–Kier alpha value is -0.870. The summed E-state index contributed by atoms with van der Waals surface area (Å²) in [6.45, 7) is 4.94. The van der Waals surface area contributed by atoms with E-state index in [1.807, 2.05) is 31.4 Å². The fourth-order valence-corrected chi connectivity index (χ4v) is 2.53. The first-order valence-corrected chi connectivity index (χ1v) is 6.42. The van der Waals surface area contributed by atoms with Crippen molar-refractivity contribution in [3.05, 3.63) is 22.4 Å². The molecule has 1 aliphatic heterocycles. The summed E-state index contributed by atoms with van der Waals surface area (Å²) in [5, 5.41) is 12.0. The third kappa shape index (κ3) is 2.13. The molecule has 1 aromatic rings. The highest BCUT2D eigenvalue weighted by Gasteiger charge is 2.45. The van der Waals surface area contributed by atoms with Crippen molar-refractivity contribution in [1.29, 1.82) is 0 Å². The van der Waals surface area contributed by atoms with E-state index in [4.69, 9.17) is 0 Å². The fraction of sp³-hybridized carbons (Fsp3) is 0.583. The van der Waals surface area contributed by atoms with Crippen LogP contribution in [0, 0.1) is 5.92 Å². The minimum absolute atomic E-state index is 0.118. The average Bonchev–Trinajstić information content (AvgIpc) is 2.64. The summed E-state index contributed by atoms with van der Waals surface area (Å²) in [4.78, 5) is 14.6. The highest BCUT2D eigenvalue weighted by Crippen LogP contribution is 2.29. The van der Waals surface area contributed by atoms with Crippen molar-refractivity contribution in [2.45, 2.75) is 25.9 Å². The van der Waals surface area contributed by atoms with Gasteiger partial charge in [0.1, 0.15) is 5.60 Å². The van der Waals surface area contributed by atoms with Gasteiger partial charge in [-0.05, 0) is 17.4 Å². The second kappa shape index (κ2) is 4.18. The molecule has 0 aliphatic carbocycles. The summed E-state index contributed by atoms with van der Waals surface area (Å²) < 4.78 is 0. The van der Waals surface area contributed by atoms with E-state index in [1.54, 1.807) is 16.2 Å². The molecule has 1 N–H and O–H groups in total. The average molecular weight is 239 g/mol. The number of carbonyl (C=O) groups excluding carboxylic acids is 1. The second-order valence-electron chi connectivity index (χ2n) is 4.76.